The molecule has 0 fully saturated rings. The number of anilines is 2. The number of hydrogen-bond donors (Lipinski definition) is 0. The molecule has 19 heavy (non-hydrogen) atoms. The fourth-order valence-corrected chi connectivity index (χ4v) is 1.76. The van der Waals surface area contributed by atoms with E-state index in [1.165, 1.54) is 23.2 Å². The Hall–Kier alpha value is -2.94. The Balaban J connectivity index is 2.54. The molecule has 2 aromatic rings. The van der Waals surface area contributed by atoms with Crippen LogP contribution in [0.3, 0.4) is 0 Å². The second kappa shape index (κ2) is 5.14. The summed E-state index contributed by atoms with van der Waals surface area (Å²) in [5, 5.41) is 20.0. The molecule has 94 valence electrons. The number of para-hydroxylation sites is 1. The van der Waals surface area contributed by atoms with Crippen molar-refractivity contribution in [3.8, 4) is 6.07 Å². The van der Waals surface area contributed by atoms with Crippen molar-refractivity contribution in [2.45, 2.75) is 0 Å². The third-order valence-electron chi connectivity index (χ3n) is 2.67. The molecule has 0 atom stereocenters. The monoisotopic (exact) mass is 254 g/mol. The molecule has 0 bridgehead atoms. The molecule has 0 radical (unpaired) electrons. The van der Waals surface area contributed by atoms with Gasteiger partial charge >= 0.3 is 5.69 Å². The zero-order valence-corrected chi connectivity index (χ0v) is 10.1. The predicted octanol–water partition coefficient (Wildman–Crippen LogP) is 2.63. The van der Waals surface area contributed by atoms with E-state index in [1.54, 1.807) is 31.3 Å². The van der Waals surface area contributed by atoms with Crippen LogP contribution < -0.4 is 4.90 Å². The Morgan fingerprint density at radius 2 is 2.05 bits per heavy atom. The summed E-state index contributed by atoms with van der Waals surface area (Å²) >= 11 is 0. The van der Waals surface area contributed by atoms with Crippen molar-refractivity contribution in [2.75, 3.05) is 11.9 Å². The maximum absolute atomic E-state index is 11.0. The molecule has 1 aromatic carbocycles. The fourth-order valence-electron chi connectivity index (χ4n) is 1.76. The summed E-state index contributed by atoms with van der Waals surface area (Å²) in [7, 11) is 1.64. The maximum atomic E-state index is 11.0. The molecule has 0 unspecified atom stereocenters. The molecule has 0 saturated carbocycles. The van der Waals surface area contributed by atoms with Crippen molar-refractivity contribution in [3.63, 3.8) is 0 Å². The largest absolute Gasteiger partial charge is 0.323 e. The van der Waals surface area contributed by atoms with Gasteiger partial charge < -0.3 is 4.90 Å². The van der Waals surface area contributed by atoms with Gasteiger partial charge in [-0.05, 0) is 18.2 Å². The highest BCUT2D eigenvalue weighted by Gasteiger charge is 2.20. The van der Waals surface area contributed by atoms with E-state index in [4.69, 9.17) is 5.26 Å². The summed E-state index contributed by atoms with van der Waals surface area (Å²) in [4.78, 5) is 16.1. The summed E-state index contributed by atoms with van der Waals surface area (Å²) < 4.78 is 0. The van der Waals surface area contributed by atoms with E-state index in [-0.39, 0.29) is 11.5 Å². The van der Waals surface area contributed by atoms with Crippen LogP contribution in [0.4, 0.5) is 17.2 Å². The first-order chi connectivity index (χ1) is 9.15. The normalized spacial score (nSPS) is 9.68. The van der Waals surface area contributed by atoms with E-state index in [1.807, 2.05) is 0 Å². The highest BCUT2D eigenvalue weighted by molar-refractivity contribution is 5.71. The van der Waals surface area contributed by atoms with Crippen molar-refractivity contribution in [1.82, 2.24) is 4.98 Å². The van der Waals surface area contributed by atoms with Gasteiger partial charge in [0.25, 0.3) is 0 Å². The van der Waals surface area contributed by atoms with Crippen LogP contribution in [-0.2, 0) is 0 Å². The number of pyridine rings is 1. The van der Waals surface area contributed by atoms with E-state index < -0.39 is 4.92 Å². The predicted molar refractivity (Wildman–Crippen MR) is 70.1 cm³/mol. The number of aromatic nitrogens is 1. The molecule has 0 N–H and O–H groups in total. The Morgan fingerprint density at radius 3 is 2.74 bits per heavy atom. The lowest BCUT2D eigenvalue weighted by molar-refractivity contribution is -0.384. The second-order valence-electron chi connectivity index (χ2n) is 3.79. The van der Waals surface area contributed by atoms with Crippen molar-refractivity contribution in [2.24, 2.45) is 0 Å². The molecule has 6 heteroatoms. The SMILES string of the molecule is CN(c1ccccc1C#N)c1ncccc1[N+](=O)[O-]. The smallest absolute Gasteiger partial charge is 0.311 e. The zero-order chi connectivity index (χ0) is 13.8. The molecule has 0 amide bonds. The van der Waals surface area contributed by atoms with Gasteiger partial charge in [0.1, 0.15) is 6.07 Å². The van der Waals surface area contributed by atoms with Crippen LogP contribution in [0.2, 0.25) is 0 Å². The molecular formula is C13H10N4O2. The van der Waals surface area contributed by atoms with Gasteiger partial charge in [0.2, 0.25) is 5.82 Å². The molecule has 0 saturated heterocycles. The van der Waals surface area contributed by atoms with Crippen LogP contribution in [0, 0.1) is 21.4 Å². The maximum Gasteiger partial charge on any atom is 0.311 e. The van der Waals surface area contributed by atoms with Gasteiger partial charge in [-0.3, -0.25) is 10.1 Å². The molecule has 1 aromatic heterocycles. The van der Waals surface area contributed by atoms with Gasteiger partial charge in [0.15, 0.2) is 0 Å². The van der Waals surface area contributed by atoms with Gasteiger partial charge in [0, 0.05) is 19.3 Å². The van der Waals surface area contributed by atoms with Gasteiger partial charge in [-0.15, -0.1) is 0 Å². The topological polar surface area (TPSA) is 83.1 Å². The number of nitriles is 1. The van der Waals surface area contributed by atoms with Gasteiger partial charge in [0.05, 0.1) is 16.2 Å². The van der Waals surface area contributed by atoms with E-state index in [9.17, 15) is 10.1 Å². The van der Waals surface area contributed by atoms with E-state index in [0.29, 0.717) is 11.3 Å². The summed E-state index contributed by atoms with van der Waals surface area (Å²) in [5.74, 6) is 0.204. The Kier molecular flexibility index (Phi) is 3.39. The molecule has 6 nitrogen and oxygen atoms in total. The number of hydrogen-bond acceptors (Lipinski definition) is 5. The van der Waals surface area contributed by atoms with Gasteiger partial charge in [-0.1, -0.05) is 12.1 Å². The molecular weight excluding hydrogens is 244 g/mol. The Bertz CT molecular complexity index is 664. The summed E-state index contributed by atoms with van der Waals surface area (Å²) in [6, 6.07) is 11.8. The summed E-state index contributed by atoms with van der Waals surface area (Å²) in [6.07, 6.45) is 1.48. The molecule has 0 aliphatic heterocycles. The van der Waals surface area contributed by atoms with E-state index in [0.717, 1.165) is 0 Å². The highest BCUT2D eigenvalue weighted by Crippen LogP contribution is 2.31. The Labute approximate surface area is 109 Å². The van der Waals surface area contributed by atoms with Crippen molar-refractivity contribution in [1.29, 1.82) is 5.26 Å². The quantitative estimate of drug-likeness (QED) is 0.621. The standard InChI is InChI=1S/C13H10N4O2/c1-16(11-6-3-2-5-10(11)9-14)13-12(17(18)19)7-4-8-15-13/h2-8H,1H3. The van der Waals surface area contributed by atoms with Gasteiger partial charge in [-0.2, -0.15) is 5.26 Å². The molecule has 0 spiro atoms. The minimum absolute atomic E-state index is 0.0993. The number of rotatable bonds is 3. The molecule has 2 rings (SSSR count). The average molecular weight is 254 g/mol. The van der Waals surface area contributed by atoms with Crippen molar-refractivity contribution >= 4 is 17.2 Å². The lowest BCUT2D eigenvalue weighted by atomic mass is 10.2. The number of nitrogens with zero attached hydrogens (tertiary/aromatic N) is 4. The Morgan fingerprint density at radius 1 is 1.32 bits per heavy atom. The fraction of sp³-hybridized carbons (Fsp3) is 0.0769. The molecule has 0 aliphatic carbocycles. The van der Waals surface area contributed by atoms with E-state index in [2.05, 4.69) is 11.1 Å². The number of nitro groups is 1. The van der Waals surface area contributed by atoms with Crippen molar-refractivity contribution < 1.29 is 4.92 Å². The molecule has 1 heterocycles. The summed E-state index contributed by atoms with van der Waals surface area (Å²) in [5.41, 5.74) is 0.912. The van der Waals surface area contributed by atoms with Crippen LogP contribution in [0.15, 0.2) is 42.6 Å². The van der Waals surface area contributed by atoms with E-state index >= 15 is 0 Å². The minimum atomic E-state index is -0.492. The van der Waals surface area contributed by atoms with Crippen LogP contribution in [0.1, 0.15) is 5.56 Å². The lowest BCUT2D eigenvalue weighted by Crippen LogP contribution is -2.14. The molecule has 0 aliphatic rings. The minimum Gasteiger partial charge on any atom is -0.323 e. The number of benzene rings is 1. The highest BCUT2D eigenvalue weighted by atomic mass is 16.6. The van der Waals surface area contributed by atoms with Crippen LogP contribution >= 0.6 is 0 Å². The third kappa shape index (κ3) is 2.35. The zero-order valence-electron chi connectivity index (χ0n) is 10.1. The van der Waals surface area contributed by atoms with Gasteiger partial charge in [-0.25, -0.2) is 4.98 Å². The first-order valence-corrected chi connectivity index (χ1v) is 5.47. The summed E-state index contributed by atoms with van der Waals surface area (Å²) in [6.45, 7) is 0. The first kappa shape index (κ1) is 12.5. The average Bonchev–Trinajstić information content (AvgIpc) is 2.46. The third-order valence-corrected chi connectivity index (χ3v) is 2.67. The van der Waals surface area contributed by atoms with Crippen LogP contribution in [0.25, 0.3) is 0 Å². The van der Waals surface area contributed by atoms with Crippen LogP contribution in [-0.4, -0.2) is 17.0 Å². The van der Waals surface area contributed by atoms with Crippen LogP contribution in [0.5, 0.6) is 0 Å². The second-order valence-corrected chi connectivity index (χ2v) is 3.79. The first-order valence-electron chi connectivity index (χ1n) is 5.47. The lowest BCUT2D eigenvalue weighted by Gasteiger charge is -2.18. The van der Waals surface area contributed by atoms with Crippen molar-refractivity contribution in [3.05, 3.63) is 58.3 Å².